The number of nitrogens with zero attached hydrogens (tertiary/aromatic N) is 2. The van der Waals surface area contributed by atoms with Gasteiger partial charge in [0.15, 0.2) is 0 Å². The van der Waals surface area contributed by atoms with Crippen molar-refractivity contribution in [2.45, 2.75) is 38.6 Å². The van der Waals surface area contributed by atoms with Crippen LogP contribution in [-0.4, -0.2) is 36.5 Å². The molecular formula is C22H27BrN2O. The number of amides is 1. The zero-order chi connectivity index (χ0) is 18.4. The second-order valence-corrected chi connectivity index (χ2v) is 7.82. The van der Waals surface area contributed by atoms with Crippen molar-refractivity contribution in [2.75, 3.05) is 24.5 Å². The largest absolute Gasteiger partial charge is 0.309 e. The number of rotatable bonds is 6. The molecule has 2 aromatic rings. The molecule has 0 aliphatic carbocycles. The van der Waals surface area contributed by atoms with E-state index in [1.807, 2.05) is 36.1 Å². The summed E-state index contributed by atoms with van der Waals surface area (Å²) in [4.78, 5) is 17.1. The van der Waals surface area contributed by atoms with E-state index in [1.54, 1.807) is 0 Å². The highest BCUT2D eigenvalue weighted by molar-refractivity contribution is 9.10. The minimum absolute atomic E-state index is 0.218. The van der Waals surface area contributed by atoms with Crippen molar-refractivity contribution in [3.8, 4) is 0 Å². The molecule has 0 N–H and O–H groups in total. The molecule has 3 nitrogen and oxygen atoms in total. The SMILES string of the molecule is CCC(=O)N(c1ccc(Br)cc1)C1CCN(CCc2ccccc2)CC1. The Labute approximate surface area is 165 Å². The molecule has 0 bridgehead atoms. The Hall–Kier alpha value is -1.65. The van der Waals surface area contributed by atoms with Crippen LogP contribution in [-0.2, 0) is 11.2 Å². The van der Waals surface area contributed by atoms with Gasteiger partial charge in [-0.1, -0.05) is 53.2 Å². The van der Waals surface area contributed by atoms with Crippen molar-refractivity contribution in [1.82, 2.24) is 4.90 Å². The normalized spacial score (nSPS) is 15.8. The van der Waals surface area contributed by atoms with Crippen molar-refractivity contribution in [1.29, 1.82) is 0 Å². The predicted octanol–water partition coefficient (Wildman–Crippen LogP) is 4.90. The number of halogens is 1. The average Bonchev–Trinajstić information content (AvgIpc) is 2.69. The molecule has 1 fully saturated rings. The van der Waals surface area contributed by atoms with E-state index in [-0.39, 0.29) is 5.91 Å². The van der Waals surface area contributed by atoms with Crippen LogP contribution in [0.3, 0.4) is 0 Å². The number of piperidine rings is 1. The molecule has 1 aliphatic rings. The molecule has 26 heavy (non-hydrogen) atoms. The lowest BCUT2D eigenvalue weighted by molar-refractivity contribution is -0.119. The molecule has 1 heterocycles. The molecular weight excluding hydrogens is 388 g/mol. The Bertz CT molecular complexity index is 694. The van der Waals surface area contributed by atoms with E-state index in [0.717, 1.165) is 49.1 Å². The van der Waals surface area contributed by atoms with Crippen LogP contribution in [0.4, 0.5) is 5.69 Å². The first-order valence-corrected chi connectivity index (χ1v) is 10.3. The van der Waals surface area contributed by atoms with Crippen LogP contribution in [0.15, 0.2) is 59.1 Å². The molecule has 138 valence electrons. The summed E-state index contributed by atoms with van der Waals surface area (Å²) < 4.78 is 1.04. The van der Waals surface area contributed by atoms with Crippen LogP contribution < -0.4 is 4.90 Å². The van der Waals surface area contributed by atoms with Crippen molar-refractivity contribution in [3.05, 3.63) is 64.6 Å². The monoisotopic (exact) mass is 414 g/mol. The first-order valence-electron chi connectivity index (χ1n) is 9.51. The molecule has 0 unspecified atom stereocenters. The summed E-state index contributed by atoms with van der Waals surface area (Å²) in [5.74, 6) is 0.218. The Balaban J connectivity index is 1.59. The topological polar surface area (TPSA) is 23.6 Å². The number of carbonyl (C=O) groups excluding carboxylic acids is 1. The molecule has 3 rings (SSSR count). The van der Waals surface area contributed by atoms with Gasteiger partial charge in [-0.05, 0) is 49.1 Å². The van der Waals surface area contributed by atoms with Crippen LogP contribution in [0.5, 0.6) is 0 Å². The summed E-state index contributed by atoms with van der Waals surface area (Å²) in [5.41, 5.74) is 2.41. The summed E-state index contributed by atoms with van der Waals surface area (Å²) >= 11 is 3.48. The van der Waals surface area contributed by atoms with E-state index in [4.69, 9.17) is 0 Å². The minimum Gasteiger partial charge on any atom is -0.309 e. The van der Waals surface area contributed by atoms with E-state index in [2.05, 4.69) is 51.2 Å². The molecule has 0 radical (unpaired) electrons. The molecule has 1 amide bonds. The molecule has 1 aliphatic heterocycles. The summed E-state index contributed by atoms with van der Waals surface area (Å²) in [6.45, 7) is 5.16. The van der Waals surface area contributed by atoms with E-state index < -0.39 is 0 Å². The van der Waals surface area contributed by atoms with Crippen LogP contribution in [0.1, 0.15) is 31.7 Å². The Morgan fingerprint density at radius 2 is 1.73 bits per heavy atom. The van der Waals surface area contributed by atoms with Gasteiger partial charge in [0.2, 0.25) is 5.91 Å². The van der Waals surface area contributed by atoms with E-state index in [9.17, 15) is 4.79 Å². The molecule has 2 aromatic carbocycles. The maximum Gasteiger partial charge on any atom is 0.226 e. The van der Waals surface area contributed by atoms with Crippen molar-refractivity contribution in [2.24, 2.45) is 0 Å². The Morgan fingerprint density at radius 3 is 2.35 bits per heavy atom. The van der Waals surface area contributed by atoms with Crippen LogP contribution in [0.25, 0.3) is 0 Å². The molecule has 4 heteroatoms. The summed E-state index contributed by atoms with van der Waals surface area (Å²) in [6, 6.07) is 19.1. The Kier molecular flexibility index (Phi) is 6.86. The van der Waals surface area contributed by atoms with E-state index in [1.165, 1.54) is 5.56 Å². The maximum absolute atomic E-state index is 12.6. The number of anilines is 1. The minimum atomic E-state index is 0.218. The van der Waals surface area contributed by atoms with Gasteiger partial charge in [0.05, 0.1) is 0 Å². The van der Waals surface area contributed by atoms with Gasteiger partial charge in [-0.25, -0.2) is 0 Å². The lowest BCUT2D eigenvalue weighted by Gasteiger charge is -2.38. The third-order valence-electron chi connectivity index (χ3n) is 5.16. The second-order valence-electron chi connectivity index (χ2n) is 6.90. The fraction of sp³-hybridized carbons (Fsp3) is 0.409. The van der Waals surface area contributed by atoms with Crippen LogP contribution in [0.2, 0.25) is 0 Å². The summed E-state index contributed by atoms with van der Waals surface area (Å²) in [6.07, 6.45) is 3.72. The van der Waals surface area contributed by atoms with Gasteiger partial charge in [0.25, 0.3) is 0 Å². The van der Waals surface area contributed by atoms with Crippen LogP contribution >= 0.6 is 15.9 Å². The number of likely N-dealkylation sites (tertiary alicyclic amines) is 1. The third kappa shape index (κ3) is 4.95. The highest BCUT2D eigenvalue weighted by Gasteiger charge is 2.28. The van der Waals surface area contributed by atoms with Gasteiger partial charge in [-0.3, -0.25) is 4.79 Å². The van der Waals surface area contributed by atoms with Crippen LogP contribution in [0, 0.1) is 0 Å². The van der Waals surface area contributed by atoms with E-state index in [0.29, 0.717) is 12.5 Å². The zero-order valence-corrected chi connectivity index (χ0v) is 17.0. The average molecular weight is 415 g/mol. The molecule has 0 spiro atoms. The molecule has 0 aromatic heterocycles. The summed E-state index contributed by atoms with van der Waals surface area (Å²) in [7, 11) is 0. The molecule has 0 saturated carbocycles. The van der Waals surface area contributed by atoms with Crippen molar-refractivity contribution in [3.63, 3.8) is 0 Å². The highest BCUT2D eigenvalue weighted by Crippen LogP contribution is 2.26. The van der Waals surface area contributed by atoms with Crippen molar-refractivity contribution >= 4 is 27.5 Å². The third-order valence-corrected chi connectivity index (χ3v) is 5.69. The highest BCUT2D eigenvalue weighted by atomic mass is 79.9. The fourth-order valence-corrected chi connectivity index (χ4v) is 3.93. The lowest BCUT2D eigenvalue weighted by Crippen LogP contribution is -2.47. The Morgan fingerprint density at radius 1 is 1.08 bits per heavy atom. The van der Waals surface area contributed by atoms with Gasteiger partial charge in [-0.15, -0.1) is 0 Å². The fourth-order valence-electron chi connectivity index (χ4n) is 3.66. The first kappa shape index (κ1) is 19.1. The smallest absolute Gasteiger partial charge is 0.226 e. The van der Waals surface area contributed by atoms with Gasteiger partial charge < -0.3 is 9.80 Å². The van der Waals surface area contributed by atoms with E-state index >= 15 is 0 Å². The van der Waals surface area contributed by atoms with Gasteiger partial charge in [0, 0.05) is 42.3 Å². The number of hydrogen-bond donors (Lipinski definition) is 0. The first-order chi connectivity index (χ1) is 12.7. The molecule has 1 saturated heterocycles. The summed E-state index contributed by atoms with van der Waals surface area (Å²) in [5, 5.41) is 0. The van der Waals surface area contributed by atoms with Gasteiger partial charge in [-0.2, -0.15) is 0 Å². The quantitative estimate of drug-likeness (QED) is 0.670. The second kappa shape index (κ2) is 9.33. The lowest BCUT2D eigenvalue weighted by atomic mass is 10.0. The predicted molar refractivity (Wildman–Crippen MR) is 112 cm³/mol. The standard InChI is InChI=1S/C22H27BrN2O/c1-2-22(26)25(20-10-8-19(23)9-11-20)21-13-16-24(17-14-21)15-12-18-6-4-3-5-7-18/h3-11,21H,2,12-17H2,1H3. The molecule has 0 atom stereocenters. The maximum atomic E-state index is 12.6. The number of carbonyl (C=O) groups is 1. The number of benzene rings is 2. The number of hydrogen-bond acceptors (Lipinski definition) is 2. The zero-order valence-electron chi connectivity index (χ0n) is 15.4. The van der Waals surface area contributed by atoms with Crippen molar-refractivity contribution < 1.29 is 4.79 Å². The van der Waals surface area contributed by atoms with Gasteiger partial charge in [0.1, 0.15) is 0 Å². The van der Waals surface area contributed by atoms with Gasteiger partial charge >= 0.3 is 0 Å².